The predicted molar refractivity (Wildman–Crippen MR) is 82.5 cm³/mol. The molecule has 0 aliphatic rings. The topological polar surface area (TPSA) is 43.8 Å². The second-order valence-electron chi connectivity index (χ2n) is 5.11. The summed E-state index contributed by atoms with van der Waals surface area (Å²) in [4.78, 5) is 4.70. The van der Waals surface area contributed by atoms with Crippen LogP contribution in [0.5, 0.6) is 0 Å². The van der Waals surface area contributed by atoms with E-state index in [4.69, 9.17) is 10.7 Å². The number of nitrogens with two attached hydrogens (primary N) is 1. The van der Waals surface area contributed by atoms with Crippen LogP contribution in [0.25, 0.3) is 11.0 Å². The number of rotatable bonds is 4. The smallest absolute Gasteiger partial charge is 0.123 e. The van der Waals surface area contributed by atoms with E-state index in [-0.39, 0.29) is 5.82 Å². The van der Waals surface area contributed by atoms with Gasteiger partial charge >= 0.3 is 0 Å². The number of nitrogens with zero attached hydrogens (tertiary/aromatic N) is 2. The van der Waals surface area contributed by atoms with Crippen LogP contribution in [-0.4, -0.2) is 9.55 Å². The van der Waals surface area contributed by atoms with Gasteiger partial charge in [0.05, 0.1) is 11.0 Å². The minimum Gasteiger partial charge on any atom is -0.328 e. The number of benzene rings is 2. The molecule has 2 aromatic carbocycles. The highest BCUT2D eigenvalue weighted by Gasteiger charge is 2.10. The van der Waals surface area contributed by atoms with Crippen LogP contribution in [0.3, 0.4) is 0 Å². The fraction of sp³-hybridized carbons (Fsp3) is 0.235. The number of aromatic nitrogens is 2. The Bertz CT molecular complexity index is 777. The number of halogens is 1. The summed E-state index contributed by atoms with van der Waals surface area (Å²) in [6, 6.07) is 12.8. The highest BCUT2D eigenvalue weighted by Crippen LogP contribution is 2.20. The van der Waals surface area contributed by atoms with Crippen molar-refractivity contribution in [2.75, 3.05) is 0 Å². The van der Waals surface area contributed by atoms with E-state index in [9.17, 15) is 4.39 Å². The van der Waals surface area contributed by atoms with Gasteiger partial charge in [0.25, 0.3) is 0 Å². The van der Waals surface area contributed by atoms with Crippen molar-refractivity contribution in [1.29, 1.82) is 0 Å². The molecule has 1 aromatic heterocycles. The molecule has 3 rings (SSSR count). The standard InChI is InChI=1S/C17H18FN3/c1-2-21-16-7-6-13(11-19)9-15(16)20-17(21)10-12-4-3-5-14(18)8-12/h3-9H,2,10-11,19H2,1H3. The molecule has 0 aliphatic carbocycles. The second kappa shape index (κ2) is 5.66. The van der Waals surface area contributed by atoms with Crippen LogP contribution in [0, 0.1) is 5.82 Å². The first-order valence-electron chi connectivity index (χ1n) is 7.14. The summed E-state index contributed by atoms with van der Waals surface area (Å²) in [5.41, 5.74) is 9.73. The van der Waals surface area contributed by atoms with Crippen LogP contribution in [0.1, 0.15) is 23.9 Å². The molecule has 2 N–H and O–H groups in total. The molecule has 0 radical (unpaired) electrons. The Kier molecular flexibility index (Phi) is 3.71. The van der Waals surface area contributed by atoms with E-state index in [0.29, 0.717) is 13.0 Å². The number of hydrogen-bond acceptors (Lipinski definition) is 2. The van der Waals surface area contributed by atoms with Crippen LogP contribution in [-0.2, 0) is 19.5 Å². The quantitative estimate of drug-likeness (QED) is 0.798. The van der Waals surface area contributed by atoms with Gasteiger partial charge in [-0.2, -0.15) is 0 Å². The van der Waals surface area contributed by atoms with E-state index >= 15 is 0 Å². The molecule has 0 spiro atoms. The molecule has 21 heavy (non-hydrogen) atoms. The van der Waals surface area contributed by atoms with Crippen molar-refractivity contribution in [1.82, 2.24) is 9.55 Å². The Morgan fingerprint density at radius 3 is 2.71 bits per heavy atom. The molecule has 0 atom stereocenters. The van der Waals surface area contributed by atoms with Gasteiger partial charge in [0.2, 0.25) is 0 Å². The van der Waals surface area contributed by atoms with E-state index in [1.165, 1.54) is 6.07 Å². The van der Waals surface area contributed by atoms with Crippen LogP contribution in [0.2, 0.25) is 0 Å². The first-order valence-corrected chi connectivity index (χ1v) is 7.14. The molecule has 0 amide bonds. The Labute approximate surface area is 123 Å². The third-order valence-corrected chi connectivity index (χ3v) is 3.69. The van der Waals surface area contributed by atoms with Crippen molar-refractivity contribution < 1.29 is 4.39 Å². The monoisotopic (exact) mass is 283 g/mol. The molecule has 3 nitrogen and oxygen atoms in total. The van der Waals surface area contributed by atoms with Crippen LogP contribution in [0.4, 0.5) is 4.39 Å². The molecular formula is C17H18FN3. The number of fused-ring (bicyclic) bond motifs is 1. The van der Waals surface area contributed by atoms with Crippen molar-refractivity contribution in [2.45, 2.75) is 26.4 Å². The lowest BCUT2D eigenvalue weighted by Gasteiger charge is -2.06. The molecule has 0 bridgehead atoms. The lowest BCUT2D eigenvalue weighted by Crippen LogP contribution is -2.02. The van der Waals surface area contributed by atoms with Gasteiger partial charge < -0.3 is 10.3 Å². The normalized spacial score (nSPS) is 11.2. The summed E-state index contributed by atoms with van der Waals surface area (Å²) in [6.07, 6.45) is 0.623. The van der Waals surface area contributed by atoms with Gasteiger partial charge in [-0.15, -0.1) is 0 Å². The summed E-state index contributed by atoms with van der Waals surface area (Å²) in [6.45, 7) is 3.43. The zero-order chi connectivity index (χ0) is 14.8. The van der Waals surface area contributed by atoms with Crippen LogP contribution >= 0.6 is 0 Å². The van der Waals surface area contributed by atoms with Crippen molar-refractivity contribution in [3.05, 3.63) is 65.2 Å². The zero-order valence-electron chi connectivity index (χ0n) is 12.0. The molecule has 0 fully saturated rings. The van der Waals surface area contributed by atoms with E-state index in [0.717, 1.165) is 34.5 Å². The van der Waals surface area contributed by atoms with Gasteiger partial charge in [0.15, 0.2) is 0 Å². The molecular weight excluding hydrogens is 265 g/mol. The van der Waals surface area contributed by atoms with Crippen LogP contribution < -0.4 is 5.73 Å². The fourth-order valence-electron chi connectivity index (χ4n) is 2.67. The summed E-state index contributed by atoms with van der Waals surface area (Å²) in [5, 5.41) is 0. The van der Waals surface area contributed by atoms with Crippen molar-refractivity contribution in [3.8, 4) is 0 Å². The molecule has 4 heteroatoms. The second-order valence-corrected chi connectivity index (χ2v) is 5.11. The molecule has 3 aromatic rings. The average molecular weight is 283 g/mol. The Balaban J connectivity index is 2.05. The maximum Gasteiger partial charge on any atom is 0.123 e. The van der Waals surface area contributed by atoms with Gasteiger partial charge in [0, 0.05) is 19.5 Å². The van der Waals surface area contributed by atoms with Gasteiger partial charge in [-0.25, -0.2) is 9.37 Å². The fourth-order valence-corrected chi connectivity index (χ4v) is 2.67. The lowest BCUT2D eigenvalue weighted by atomic mass is 10.1. The number of hydrogen-bond donors (Lipinski definition) is 1. The summed E-state index contributed by atoms with van der Waals surface area (Å²) in [5.74, 6) is 0.740. The van der Waals surface area contributed by atoms with E-state index in [1.54, 1.807) is 12.1 Å². The lowest BCUT2D eigenvalue weighted by molar-refractivity contribution is 0.625. The largest absolute Gasteiger partial charge is 0.328 e. The van der Waals surface area contributed by atoms with Gasteiger partial charge in [-0.3, -0.25) is 0 Å². The molecule has 0 aliphatic heterocycles. The van der Waals surface area contributed by atoms with Crippen molar-refractivity contribution in [2.24, 2.45) is 5.73 Å². The number of imidazole rings is 1. The third-order valence-electron chi connectivity index (χ3n) is 3.69. The zero-order valence-corrected chi connectivity index (χ0v) is 12.0. The predicted octanol–water partition coefficient (Wildman–Crippen LogP) is 3.24. The summed E-state index contributed by atoms with van der Waals surface area (Å²) < 4.78 is 15.5. The number of aryl methyl sites for hydroxylation is 1. The molecule has 0 saturated heterocycles. The highest BCUT2D eigenvalue weighted by atomic mass is 19.1. The SMILES string of the molecule is CCn1c(Cc2cccc(F)c2)nc2cc(CN)ccc21. The Hall–Kier alpha value is -2.20. The summed E-state index contributed by atoms with van der Waals surface area (Å²) >= 11 is 0. The first-order chi connectivity index (χ1) is 10.2. The van der Waals surface area contributed by atoms with E-state index in [1.807, 2.05) is 18.2 Å². The van der Waals surface area contributed by atoms with E-state index in [2.05, 4.69) is 17.6 Å². The minimum absolute atomic E-state index is 0.211. The first kappa shape index (κ1) is 13.8. The summed E-state index contributed by atoms with van der Waals surface area (Å²) in [7, 11) is 0. The van der Waals surface area contributed by atoms with E-state index < -0.39 is 0 Å². The molecule has 1 heterocycles. The maximum atomic E-state index is 13.3. The van der Waals surface area contributed by atoms with Crippen LogP contribution in [0.15, 0.2) is 42.5 Å². The highest BCUT2D eigenvalue weighted by molar-refractivity contribution is 5.77. The van der Waals surface area contributed by atoms with Gasteiger partial charge in [-0.05, 0) is 42.3 Å². The van der Waals surface area contributed by atoms with Crippen molar-refractivity contribution in [3.63, 3.8) is 0 Å². The average Bonchev–Trinajstić information content (AvgIpc) is 2.83. The maximum absolute atomic E-state index is 13.3. The molecule has 0 unspecified atom stereocenters. The minimum atomic E-state index is -0.211. The van der Waals surface area contributed by atoms with Gasteiger partial charge in [-0.1, -0.05) is 18.2 Å². The molecule has 0 saturated carbocycles. The Morgan fingerprint density at radius 2 is 2.00 bits per heavy atom. The Morgan fingerprint density at radius 1 is 1.14 bits per heavy atom. The van der Waals surface area contributed by atoms with Crippen molar-refractivity contribution >= 4 is 11.0 Å². The van der Waals surface area contributed by atoms with Gasteiger partial charge in [0.1, 0.15) is 11.6 Å². The third kappa shape index (κ3) is 2.67. The molecule has 108 valence electrons.